The number of likely N-dealkylation sites (N-methyl/N-ethyl adjacent to an activating group) is 1. The first-order valence-corrected chi connectivity index (χ1v) is 7.77. The second-order valence-electron chi connectivity index (χ2n) is 6.51. The van der Waals surface area contributed by atoms with Crippen LogP contribution in [0.5, 0.6) is 0 Å². The Bertz CT molecular complexity index is 300. The zero-order valence-electron chi connectivity index (χ0n) is 12.7. The highest BCUT2D eigenvalue weighted by molar-refractivity contribution is 5.78. The van der Waals surface area contributed by atoms with Gasteiger partial charge in [-0.25, -0.2) is 0 Å². The van der Waals surface area contributed by atoms with E-state index in [0.29, 0.717) is 24.5 Å². The molecule has 2 rings (SSSR count). The largest absolute Gasteiger partial charge is 0.342 e. The van der Waals surface area contributed by atoms with Crippen LogP contribution in [0.15, 0.2) is 0 Å². The van der Waals surface area contributed by atoms with Crippen molar-refractivity contribution in [3.63, 3.8) is 0 Å². The topological polar surface area (TPSA) is 35.6 Å². The summed E-state index contributed by atoms with van der Waals surface area (Å²) in [5.74, 6) is 1.14. The van der Waals surface area contributed by atoms with E-state index in [1.54, 1.807) is 0 Å². The Kier molecular flexibility index (Phi) is 5.22. The first-order valence-electron chi connectivity index (χ1n) is 7.77. The molecule has 0 radical (unpaired) electrons. The average Bonchev–Trinajstić information content (AvgIpc) is 2.39. The molecule has 1 atom stereocenters. The molecular formula is C15H29N3O. The van der Waals surface area contributed by atoms with E-state index >= 15 is 0 Å². The summed E-state index contributed by atoms with van der Waals surface area (Å²) in [7, 11) is 1.99. The third kappa shape index (κ3) is 4.18. The molecule has 0 aromatic heterocycles. The van der Waals surface area contributed by atoms with Crippen LogP contribution in [0.3, 0.4) is 0 Å². The second-order valence-corrected chi connectivity index (χ2v) is 6.51. The molecule has 1 N–H and O–H groups in total. The molecule has 2 fully saturated rings. The lowest BCUT2D eigenvalue weighted by molar-refractivity contribution is -0.134. The van der Waals surface area contributed by atoms with Crippen LogP contribution in [0.4, 0.5) is 0 Å². The molecule has 19 heavy (non-hydrogen) atoms. The molecule has 1 aliphatic heterocycles. The van der Waals surface area contributed by atoms with E-state index in [1.807, 2.05) is 11.9 Å². The van der Waals surface area contributed by atoms with Crippen molar-refractivity contribution >= 4 is 5.91 Å². The highest BCUT2D eigenvalue weighted by Crippen LogP contribution is 2.26. The number of piperazine rings is 1. The molecule has 1 amide bonds. The van der Waals surface area contributed by atoms with Crippen molar-refractivity contribution in [3.05, 3.63) is 0 Å². The summed E-state index contributed by atoms with van der Waals surface area (Å²) >= 11 is 0. The van der Waals surface area contributed by atoms with Gasteiger partial charge in [0.05, 0.1) is 6.54 Å². The lowest BCUT2D eigenvalue weighted by Gasteiger charge is -2.36. The maximum absolute atomic E-state index is 12.4. The number of hydrogen-bond donors (Lipinski definition) is 1. The lowest BCUT2D eigenvalue weighted by Crippen LogP contribution is -2.53. The van der Waals surface area contributed by atoms with Crippen LogP contribution in [0.2, 0.25) is 0 Å². The molecule has 0 aromatic carbocycles. The number of amides is 1. The maximum atomic E-state index is 12.4. The van der Waals surface area contributed by atoms with Crippen molar-refractivity contribution in [2.45, 2.75) is 51.6 Å². The van der Waals surface area contributed by atoms with Gasteiger partial charge < -0.3 is 10.2 Å². The molecule has 0 unspecified atom stereocenters. The molecular weight excluding hydrogens is 238 g/mol. The van der Waals surface area contributed by atoms with E-state index in [0.717, 1.165) is 25.6 Å². The van der Waals surface area contributed by atoms with Gasteiger partial charge in [-0.2, -0.15) is 0 Å². The first-order chi connectivity index (χ1) is 9.06. The third-order valence-electron chi connectivity index (χ3n) is 4.74. The number of nitrogens with zero attached hydrogens (tertiary/aromatic N) is 2. The smallest absolute Gasteiger partial charge is 0.236 e. The van der Waals surface area contributed by atoms with E-state index in [4.69, 9.17) is 0 Å². The van der Waals surface area contributed by atoms with Gasteiger partial charge in [0.15, 0.2) is 0 Å². The van der Waals surface area contributed by atoms with Crippen LogP contribution in [0.25, 0.3) is 0 Å². The van der Waals surface area contributed by atoms with Crippen LogP contribution >= 0.6 is 0 Å². The molecule has 110 valence electrons. The summed E-state index contributed by atoms with van der Waals surface area (Å²) < 4.78 is 0. The van der Waals surface area contributed by atoms with E-state index in [1.165, 1.54) is 25.7 Å². The zero-order chi connectivity index (χ0) is 13.8. The van der Waals surface area contributed by atoms with Gasteiger partial charge >= 0.3 is 0 Å². The van der Waals surface area contributed by atoms with Crippen molar-refractivity contribution in [1.29, 1.82) is 0 Å². The fourth-order valence-electron chi connectivity index (χ4n) is 3.29. The monoisotopic (exact) mass is 267 g/mol. The van der Waals surface area contributed by atoms with Crippen LogP contribution in [0, 0.1) is 5.92 Å². The minimum Gasteiger partial charge on any atom is -0.342 e. The molecule has 0 aromatic rings. The van der Waals surface area contributed by atoms with Gasteiger partial charge in [-0.05, 0) is 38.5 Å². The number of nitrogens with one attached hydrogen (secondary N) is 1. The van der Waals surface area contributed by atoms with Crippen molar-refractivity contribution in [1.82, 2.24) is 15.1 Å². The summed E-state index contributed by atoms with van der Waals surface area (Å²) in [5.41, 5.74) is 0. The molecule has 1 saturated carbocycles. The molecule has 2 aliphatic rings. The molecule has 1 saturated heterocycles. The molecule has 4 heteroatoms. The normalized spacial score (nSPS) is 33.1. The minimum atomic E-state index is 0.300. The fourth-order valence-corrected chi connectivity index (χ4v) is 3.29. The van der Waals surface area contributed by atoms with E-state index < -0.39 is 0 Å². The van der Waals surface area contributed by atoms with Crippen LogP contribution in [-0.4, -0.2) is 61.0 Å². The van der Waals surface area contributed by atoms with E-state index in [2.05, 4.69) is 24.1 Å². The van der Waals surface area contributed by atoms with Gasteiger partial charge in [0, 0.05) is 38.8 Å². The highest BCUT2D eigenvalue weighted by atomic mass is 16.2. The summed E-state index contributed by atoms with van der Waals surface area (Å²) in [4.78, 5) is 16.7. The quantitative estimate of drug-likeness (QED) is 0.837. The Morgan fingerprint density at radius 2 is 1.95 bits per heavy atom. The first kappa shape index (κ1) is 14.8. The number of hydrogen-bond acceptors (Lipinski definition) is 3. The van der Waals surface area contributed by atoms with E-state index in [9.17, 15) is 4.79 Å². The minimum absolute atomic E-state index is 0.300. The van der Waals surface area contributed by atoms with Gasteiger partial charge in [0.25, 0.3) is 0 Å². The molecule has 0 spiro atoms. The Morgan fingerprint density at radius 3 is 2.58 bits per heavy atom. The average molecular weight is 267 g/mol. The van der Waals surface area contributed by atoms with Gasteiger partial charge in [-0.3, -0.25) is 9.69 Å². The summed E-state index contributed by atoms with van der Waals surface area (Å²) in [6, 6.07) is 0.978. The Hall–Kier alpha value is -0.610. The van der Waals surface area contributed by atoms with Gasteiger partial charge in [0.1, 0.15) is 0 Å². The predicted octanol–water partition coefficient (Wildman–Crippen LogP) is 1.32. The summed E-state index contributed by atoms with van der Waals surface area (Å²) in [6.07, 6.45) is 4.91. The second kappa shape index (κ2) is 6.71. The Balaban J connectivity index is 1.78. The SMILES string of the molecule is CC1CCC(N(C)C(=O)CN2CCN[C@@H](C)C2)CC1. The number of carbonyl (C=O) groups excluding carboxylic acids is 1. The fraction of sp³-hybridized carbons (Fsp3) is 0.933. The Morgan fingerprint density at radius 1 is 1.26 bits per heavy atom. The molecule has 4 nitrogen and oxygen atoms in total. The van der Waals surface area contributed by atoms with Crippen LogP contribution in [0.1, 0.15) is 39.5 Å². The zero-order valence-corrected chi connectivity index (χ0v) is 12.7. The van der Waals surface area contributed by atoms with E-state index in [-0.39, 0.29) is 0 Å². The Labute approximate surface area is 117 Å². The van der Waals surface area contributed by atoms with Gasteiger partial charge in [-0.15, -0.1) is 0 Å². The molecule has 1 heterocycles. The number of rotatable bonds is 3. The van der Waals surface area contributed by atoms with Gasteiger partial charge in [-0.1, -0.05) is 6.92 Å². The van der Waals surface area contributed by atoms with Gasteiger partial charge in [0.2, 0.25) is 5.91 Å². The van der Waals surface area contributed by atoms with Crippen molar-refractivity contribution in [3.8, 4) is 0 Å². The molecule has 1 aliphatic carbocycles. The predicted molar refractivity (Wildman–Crippen MR) is 78.1 cm³/mol. The lowest BCUT2D eigenvalue weighted by atomic mass is 9.87. The third-order valence-corrected chi connectivity index (χ3v) is 4.74. The number of carbonyl (C=O) groups is 1. The van der Waals surface area contributed by atoms with Crippen LogP contribution in [-0.2, 0) is 4.79 Å². The van der Waals surface area contributed by atoms with Crippen molar-refractivity contribution < 1.29 is 4.79 Å². The summed E-state index contributed by atoms with van der Waals surface area (Å²) in [5, 5.41) is 3.42. The van der Waals surface area contributed by atoms with Crippen LogP contribution < -0.4 is 5.32 Å². The highest BCUT2D eigenvalue weighted by Gasteiger charge is 2.26. The van der Waals surface area contributed by atoms with Crippen molar-refractivity contribution in [2.24, 2.45) is 5.92 Å². The summed E-state index contributed by atoms with van der Waals surface area (Å²) in [6.45, 7) is 8.07. The van der Waals surface area contributed by atoms with Crippen molar-refractivity contribution in [2.75, 3.05) is 33.2 Å². The standard InChI is InChI=1S/C15H29N3O/c1-12-4-6-14(7-5-12)17(3)15(19)11-18-9-8-16-13(2)10-18/h12-14,16H,4-11H2,1-3H3/t12?,13-,14?/m0/s1. The maximum Gasteiger partial charge on any atom is 0.236 e. The molecule has 0 bridgehead atoms.